The molecule has 0 aromatic rings. The van der Waals surface area contributed by atoms with E-state index in [0.29, 0.717) is 19.3 Å². The average molecular weight is 765 g/mol. The average Bonchev–Trinajstić information content (AvgIpc) is 3.17. The molecule has 0 aliphatic rings. The van der Waals surface area contributed by atoms with Gasteiger partial charge in [-0.05, 0) is 25.2 Å². The molecule has 0 fully saturated rings. The van der Waals surface area contributed by atoms with Crippen molar-refractivity contribution in [2.24, 2.45) is 5.92 Å². The molecule has 0 aromatic carbocycles. The van der Waals surface area contributed by atoms with Crippen molar-refractivity contribution in [2.45, 2.75) is 271 Å². The van der Waals surface area contributed by atoms with Gasteiger partial charge in [-0.3, -0.25) is 14.4 Å². The molecule has 0 saturated carbocycles. The van der Waals surface area contributed by atoms with Gasteiger partial charge in [0, 0.05) is 19.3 Å². The van der Waals surface area contributed by atoms with Crippen LogP contribution in [0.25, 0.3) is 0 Å². The van der Waals surface area contributed by atoms with Gasteiger partial charge in [-0.15, -0.1) is 0 Å². The summed E-state index contributed by atoms with van der Waals surface area (Å²) in [5.74, 6) is 0.0169. The molecule has 0 amide bonds. The topological polar surface area (TPSA) is 78.9 Å². The maximum atomic E-state index is 12.7. The Morgan fingerprint density at radius 2 is 0.648 bits per heavy atom. The number of hydrogen-bond donors (Lipinski definition) is 0. The Morgan fingerprint density at radius 1 is 0.370 bits per heavy atom. The highest BCUT2D eigenvalue weighted by Gasteiger charge is 2.19. The maximum absolute atomic E-state index is 12.7. The third-order valence-corrected chi connectivity index (χ3v) is 11.2. The molecule has 0 spiro atoms. The summed E-state index contributed by atoms with van der Waals surface area (Å²) in [6, 6.07) is 0. The van der Waals surface area contributed by atoms with E-state index in [4.69, 9.17) is 14.2 Å². The summed E-state index contributed by atoms with van der Waals surface area (Å²) in [5, 5.41) is 0. The molecule has 0 heterocycles. The highest BCUT2D eigenvalue weighted by Crippen LogP contribution is 2.17. The Morgan fingerprint density at radius 3 is 0.963 bits per heavy atom. The fraction of sp³-hybridized carbons (Fsp3) is 0.938. The zero-order valence-electron chi connectivity index (χ0n) is 36.7. The zero-order valence-corrected chi connectivity index (χ0v) is 36.7. The summed E-state index contributed by atoms with van der Waals surface area (Å²) >= 11 is 0. The first-order valence-electron chi connectivity index (χ1n) is 23.9. The lowest BCUT2D eigenvalue weighted by atomic mass is 9.99. The van der Waals surface area contributed by atoms with E-state index >= 15 is 0 Å². The van der Waals surface area contributed by atoms with Gasteiger partial charge >= 0.3 is 17.9 Å². The monoisotopic (exact) mass is 765 g/mol. The van der Waals surface area contributed by atoms with E-state index in [1.807, 2.05) is 0 Å². The summed E-state index contributed by atoms with van der Waals surface area (Å²) < 4.78 is 16.7. The number of hydrogen-bond acceptors (Lipinski definition) is 6. The number of ether oxygens (including phenoxy) is 3. The second kappa shape index (κ2) is 42.6. The van der Waals surface area contributed by atoms with Crippen LogP contribution in [0.3, 0.4) is 0 Å². The molecule has 0 bridgehead atoms. The third kappa shape index (κ3) is 40.1. The Bertz CT molecular complexity index is 813. The van der Waals surface area contributed by atoms with Crippen LogP contribution in [-0.2, 0) is 28.6 Å². The molecule has 0 rings (SSSR count). The normalized spacial score (nSPS) is 12.4. The maximum Gasteiger partial charge on any atom is 0.306 e. The fourth-order valence-electron chi connectivity index (χ4n) is 7.12. The van der Waals surface area contributed by atoms with Crippen molar-refractivity contribution in [1.29, 1.82) is 0 Å². The van der Waals surface area contributed by atoms with Crippen molar-refractivity contribution >= 4 is 17.9 Å². The second-order valence-corrected chi connectivity index (χ2v) is 16.6. The van der Waals surface area contributed by atoms with Crippen LogP contribution in [0.4, 0.5) is 0 Å². The molecular weight excluding hydrogens is 673 g/mol. The van der Waals surface area contributed by atoms with E-state index in [-0.39, 0.29) is 31.1 Å². The number of unbranched alkanes of at least 4 members (excludes halogenated alkanes) is 29. The third-order valence-electron chi connectivity index (χ3n) is 11.2. The largest absolute Gasteiger partial charge is 0.462 e. The Labute approximate surface area is 336 Å². The van der Waals surface area contributed by atoms with Gasteiger partial charge in [0.1, 0.15) is 13.2 Å². The van der Waals surface area contributed by atoms with Crippen LogP contribution in [-0.4, -0.2) is 37.2 Å². The molecule has 0 N–H and O–H groups in total. The van der Waals surface area contributed by atoms with Crippen LogP contribution in [0.5, 0.6) is 0 Å². The van der Waals surface area contributed by atoms with Gasteiger partial charge in [0.05, 0.1) is 0 Å². The van der Waals surface area contributed by atoms with Crippen molar-refractivity contribution in [3.05, 3.63) is 0 Å². The van der Waals surface area contributed by atoms with Crippen molar-refractivity contribution in [3.8, 4) is 0 Å². The van der Waals surface area contributed by atoms with Crippen LogP contribution >= 0.6 is 0 Å². The minimum Gasteiger partial charge on any atom is -0.462 e. The van der Waals surface area contributed by atoms with Crippen LogP contribution in [0, 0.1) is 5.92 Å². The van der Waals surface area contributed by atoms with Crippen LogP contribution < -0.4 is 0 Å². The van der Waals surface area contributed by atoms with Crippen molar-refractivity contribution in [2.75, 3.05) is 13.2 Å². The molecular formula is C48H92O6. The predicted octanol–water partition coefficient (Wildman–Crippen LogP) is 15.1. The van der Waals surface area contributed by atoms with Gasteiger partial charge in [-0.25, -0.2) is 0 Å². The summed E-state index contributed by atoms with van der Waals surface area (Å²) in [4.78, 5) is 37.7. The van der Waals surface area contributed by atoms with Crippen molar-refractivity contribution < 1.29 is 28.6 Å². The highest BCUT2D eigenvalue weighted by atomic mass is 16.6. The van der Waals surface area contributed by atoms with Gasteiger partial charge in [-0.1, -0.05) is 227 Å². The van der Waals surface area contributed by atoms with Crippen LogP contribution in [0.1, 0.15) is 265 Å². The molecule has 1 unspecified atom stereocenters. The SMILES string of the molecule is CCCCCCCCCCCCCCCC(=O)O[C@@H](COC(=O)CCCCCCCCCCC)COC(=O)CCCCCCCCCCCCC(C)CC. The fourth-order valence-corrected chi connectivity index (χ4v) is 7.12. The van der Waals surface area contributed by atoms with Gasteiger partial charge in [-0.2, -0.15) is 0 Å². The van der Waals surface area contributed by atoms with Crippen LogP contribution in [0.2, 0.25) is 0 Å². The van der Waals surface area contributed by atoms with Crippen molar-refractivity contribution in [3.63, 3.8) is 0 Å². The van der Waals surface area contributed by atoms with Crippen LogP contribution in [0.15, 0.2) is 0 Å². The quantitative estimate of drug-likeness (QED) is 0.0349. The lowest BCUT2D eigenvalue weighted by Crippen LogP contribution is -2.30. The lowest BCUT2D eigenvalue weighted by Gasteiger charge is -2.18. The van der Waals surface area contributed by atoms with E-state index in [1.54, 1.807) is 0 Å². The Hall–Kier alpha value is -1.59. The zero-order chi connectivity index (χ0) is 39.6. The molecule has 0 aliphatic heterocycles. The minimum absolute atomic E-state index is 0.0636. The molecule has 0 radical (unpaired) electrons. The van der Waals surface area contributed by atoms with Gasteiger partial charge in [0.15, 0.2) is 6.10 Å². The first-order valence-corrected chi connectivity index (χ1v) is 23.9. The molecule has 6 nitrogen and oxygen atoms in total. The standard InChI is InChI=1S/C48H92O6/c1-5-8-10-12-14-16-17-18-19-25-29-33-37-41-48(51)54-45(42-52-46(49)39-35-31-27-22-15-13-11-9-6-2)43-53-47(50)40-36-32-28-24-21-20-23-26-30-34-38-44(4)7-3/h44-45H,5-43H2,1-4H3/t44?,45-/m0/s1. The summed E-state index contributed by atoms with van der Waals surface area (Å²) in [7, 11) is 0. The summed E-state index contributed by atoms with van der Waals surface area (Å²) in [5.41, 5.74) is 0. The second-order valence-electron chi connectivity index (χ2n) is 16.6. The number of carbonyl (C=O) groups is 3. The van der Waals surface area contributed by atoms with Gasteiger partial charge < -0.3 is 14.2 Å². The molecule has 0 saturated heterocycles. The number of carbonyl (C=O) groups excluding carboxylic acids is 3. The molecule has 2 atom stereocenters. The van der Waals surface area contributed by atoms with Gasteiger partial charge in [0.2, 0.25) is 0 Å². The smallest absolute Gasteiger partial charge is 0.306 e. The van der Waals surface area contributed by atoms with E-state index in [9.17, 15) is 14.4 Å². The molecule has 0 aliphatic carbocycles. The Kier molecular flexibility index (Phi) is 41.3. The molecule has 0 aromatic heterocycles. The summed E-state index contributed by atoms with van der Waals surface area (Å²) in [6.07, 6.45) is 42.2. The van der Waals surface area contributed by atoms with E-state index in [0.717, 1.165) is 63.7 Å². The molecule has 54 heavy (non-hydrogen) atoms. The highest BCUT2D eigenvalue weighted by molar-refractivity contribution is 5.71. The predicted molar refractivity (Wildman–Crippen MR) is 229 cm³/mol. The lowest BCUT2D eigenvalue weighted by molar-refractivity contribution is -0.167. The Balaban J connectivity index is 4.31. The van der Waals surface area contributed by atoms with Gasteiger partial charge in [0.25, 0.3) is 0 Å². The summed E-state index contributed by atoms with van der Waals surface area (Å²) in [6.45, 7) is 9.01. The van der Waals surface area contributed by atoms with E-state index in [1.165, 1.54) is 161 Å². The first kappa shape index (κ1) is 52.4. The van der Waals surface area contributed by atoms with Crippen molar-refractivity contribution in [1.82, 2.24) is 0 Å². The molecule has 6 heteroatoms. The number of esters is 3. The number of rotatable bonds is 43. The van der Waals surface area contributed by atoms with E-state index in [2.05, 4.69) is 27.7 Å². The molecule has 320 valence electrons. The minimum atomic E-state index is -0.759. The first-order chi connectivity index (χ1) is 26.4. The van der Waals surface area contributed by atoms with E-state index < -0.39 is 6.10 Å².